The summed E-state index contributed by atoms with van der Waals surface area (Å²) >= 11 is 0. The number of aromatic nitrogens is 3. The van der Waals surface area contributed by atoms with Gasteiger partial charge in [-0.25, -0.2) is 15.0 Å². The zero-order valence-corrected chi connectivity index (χ0v) is 46.9. The lowest BCUT2D eigenvalue weighted by Crippen LogP contribution is -2.28. The number of fused-ring (bicyclic) bond motifs is 7. The molecule has 0 fully saturated rings. The van der Waals surface area contributed by atoms with E-state index in [9.17, 15) is 0 Å². The Labute approximate surface area is 455 Å². The largest absolute Gasteiger partial charge is 0.457 e. The van der Waals surface area contributed by atoms with E-state index < -0.39 is 5.41 Å². The number of hydrogen-bond donors (Lipinski definition) is 0. The van der Waals surface area contributed by atoms with Crippen LogP contribution in [0.1, 0.15) is 139 Å². The highest BCUT2D eigenvalue weighted by Gasteiger charge is 2.53. The minimum absolute atomic E-state index is 0.210. The van der Waals surface area contributed by atoms with Crippen LogP contribution in [-0.2, 0) is 5.41 Å². The maximum Gasteiger partial charge on any atom is 0.164 e. The Hall–Kier alpha value is -7.95. The van der Waals surface area contributed by atoms with Gasteiger partial charge < -0.3 is 4.74 Å². The van der Waals surface area contributed by atoms with Gasteiger partial charge >= 0.3 is 0 Å². The predicted molar refractivity (Wildman–Crippen MR) is 327 cm³/mol. The maximum absolute atomic E-state index is 6.86. The summed E-state index contributed by atoms with van der Waals surface area (Å²) in [4.78, 5) is 15.5. The van der Waals surface area contributed by atoms with Crippen LogP contribution in [0.5, 0.6) is 11.5 Å². The third-order valence-electron chi connectivity index (χ3n) is 14.2. The molecule has 386 valence electrons. The summed E-state index contributed by atoms with van der Waals surface area (Å²) < 4.78 is 6.86. The van der Waals surface area contributed by atoms with E-state index in [-0.39, 0.29) is 5.92 Å². The molecule has 4 heteroatoms. The lowest BCUT2D eigenvalue weighted by atomic mass is 9.67. The van der Waals surface area contributed by atoms with Gasteiger partial charge in [0.1, 0.15) is 11.5 Å². The molecule has 0 bridgehead atoms. The first kappa shape index (κ1) is 55.8. The highest BCUT2D eigenvalue weighted by molar-refractivity contribution is 5.98. The molecule has 0 amide bonds. The molecule has 76 heavy (non-hydrogen) atoms. The molecule has 0 radical (unpaired) electrons. The summed E-state index contributed by atoms with van der Waals surface area (Å²) in [5, 5.41) is 0. The summed E-state index contributed by atoms with van der Waals surface area (Å²) in [6.07, 6.45) is 28.9. The first-order chi connectivity index (χ1) is 37.2. The van der Waals surface area contributed by atoms with E-state index in [1.807, 2.05) is 101 Å². The van der Waals surface area contributed by atoms with Gasteiger partial charge in [0.2, 0.25) is 0 Å². The Morgan fingerprint density at radius 3 is 1.99 bits per heavy atom. The van der Waals surface area contributed by atoms with Gasteiger partial charge in [0, 0.05) is 22.6 Å². The number of ether oxygens (including phenoxy) is 1. The topological polar surface area (TPSA) is 47.9 Å². The van der Waals surface area contributed by atoms with Gasteiger partial charge in [-0.2, -0.15) is 0 Å². The Balaban J connectivity index is 0.000000982. The number of aryl methyl sites for hydroxylation is 1. The fourth-order valence-electron chi connectivity index (χ4n) is 10.9. The van der Waals surface area contributed by atoms with Crippen molar-refractivity contribution in [1.82, 2.24) is 15.0 Å². The van der Waals surface area contributed by atoms with Gasteiger partial charge in [0.15, 0.2) is 17.5 Å². The van der Waals surface area contributed by atoms with E-state index in [0.29, 0.717) is 17.5 Å². The lowest BCUT2D eigenvalue weighted by Gasteiger charge is -2.34. The average Bonchev–Trinajstić information content (AvgIpc) is 3.96. The number of para-hydroxylation sites is 1. The molecule has 0 saturated carbocycles. The SMILES string of the molecule is C/C=C\C=C\C.C=C/C=C(\C=C/C)c1nc(-c2ccccc2)nc(-c2cc(-c3ccc4c(c3)C3(C(CC)=C(/C=C\CC)c5ccccc53)c3c-4ccc(Oc4ccccc4C)c3C)cc(C(/C=C\C)CCC)c2)n1.CC. The molecular formula is C72H77N3O. The van der Waals surface area contributed by atoms with Crippen LogP contribution in [-0.4, -0.2) is 15.0 Å². The third kappa shape index (κ3) is 11.3. The molecule has 2 unspecified atom stereocenters. The second-order valence-electron chi connectivity index (χ2n) is 18.9. The molecule has 0 N–H and O–H groups in total. The van der Waals surface area contributed by atoms with E-state index in [1.165, 1.54) is 50.1 Å². The normalized spacial score (nSPS) is 15.1. The van der Waals surface area contributed by atoms with E-state index in [2.05, 4.69) is 176 Å². The summed E-state index contributed by atoms with van der Waals surface area (Å²) in [6.45, 7) is 27.3. The standard InChI is InChI=1S/C64H61N3O.C6H10.C2H6/c1-9-15-30-51-52-31-20-21-32-56(52)64(55(51)14-6)57-41-47(34-35-53(57)54-36-37-59(43(8)60(54)64)68-58-33-22-19-27-42(58)7)49-38-48(44(23-10-2)24-11-3)39-50(40-49)63-66-61(45(25-12-4)26-13-5)65-62(67-63)46-28-17-16-18-29-46;1-3-5-6-4-2;1-2/h10,12-13,15-23,25-41,44H,4,9,11,14,24H2,1-3,5-8H3;3-6H,1-2H3;1-2H3/b23-10-,26-13-,30-15-,45-25+;5-3-,6-4+;. The molecular weight excluding hydrogens is 923 g/mol. The maximum atomic E-state index is 6.86. The van der Waals surface area contributed by atoms with Crippen molar-refractivity contribution in [1.29, 1.82) is 0 Å². The fourth-order valence-corrected chi connectivity index (χ4v) is 10.9. The molecule has 0 saturated heterocycles. The van der Waals surface area contributed by atoms with E-state index in [0.717, 1.165) is 76.1 Å². The van der Waals surface area contributed by atoms with Crippen LogP contribution in [0.3, 0.4) is 0 Å². The van der Waals surface area contributed by atoms with E-state index >= 15 is 0 Å². The van der Waals surface area contributed by atoms with Crippen LogP contribution < -0.4 is 4.74 Å². The predicted octanol–water partition coefficient (Wildman–Crippen LogP) is 20.5. The number of hydrogen-bond acceptors (Lipinski definition) is 4. The van der Waals surface area contributed by atoms with Crippen molar-refractivity contribution in [2.45, 2.75) is 113 Å². The molecule has 0 aliphatic heterocycles. The van der Waals surface area contributed by atoms with Crippen LogP contribution in [0, 0.1) is 13.8 Å². The second-order valence-corrected chi connectivity index (χ2v) is 18.9. The van der Waals surface area contributed by atoms with Gasteiger partial charge in [-0.3, -0.25) is 0 Å². The fraction of sp³-hybridized carbons (Fsp3) is 0.236. The molecule has 9 rings (SSSR count). The van der Waals surface area contributed by atoms with E-state index in [4.69, 9.17) is 19.7 Å². The van der Waals surface area contributed by atoms with Crippen molar-refractivity contribution >= 4 is 11.1 Å². The Morgan fingerprint density at radius 2 is 1.32 bits per heavy atom. The molecule has 2 atom stereocenters. The van der Waals surface area contributed by atoms with Gasteiger partial charge in [-0.1, -0.05) is 218 Å². The lowest BCUT2D eigenvalue weighted by molar-refractivity contribution is 0.473. The van der Waals surface area contributed by atoms with Crippen molar-refractivity contribution in [2.24, 2.45) is 0 Å². The molecule has 4 nitrogen and oxygen atoms in total. The molecule has 6 aromatic carbocycles. The quantitative estimate of drug-likeness (QED) is 0.0715. The molecule has 1 heterocycles. The summed E-state index contributed by atoms with van der Waals surface area (Å²) in [6, 6.07) is 46.2. The Morgan fingerprint density at radius 1 is 0.632 bits per heavy atom. The molecule has 2 aliphatic carbocycles. The number of rotatable bonds is 16. The number of allylic oxidation sites excluding steroid dienone is 15. The van der Waals surface area contributed by atoms with Crippen LogP contribution in [0.2, 0.25) is 0 Å². The monoisotopic (exact) mass is 1000 g/mol. The first-order valence-corrected chi connectivity index (χ1v) is 27.5. The first-order valence-electron chi connectivity index (χ1n) is 27.5. The minimum Gasteiger partial charge on any atom is -0.457 e. The van der Waals surface area contributed by atoms with Crippen molar-refractivity contribution in [2.75, 3.05) is 0 Å². The smallest absolute Gasteiger partial charge is 0.164 e. The summed E-state index contributed by atoms with van der Waals surface area (Å²) in [5.74, 6) is 3.82. The molecule has 1 aromatic heterocycles. The molecule has 1 spiro atoms. The van der Waals surface area contributed by atoms with Crippen LogP contribution in [0.15, 0.2) is 212 Å². The second kappa shape index (κ2) is 26.5. The summed E-state index contributed by atoms with van der Waals surface area (Å²) in [5.41, 5.74) is 18.4. The molecule has 7 aromatic rings. The number of benzene rings is 6. The van der Waals surface area contributed by atoms with Gasteiger partial charge in [-0.05, 0) is 163 Å². The molecule has 2 aliphatic rings. The van der Waals surface area contributed by atoms with E-state index in [1.54, 1.807) is 6.08 Å². The van der Waals surface area contributed by atoms with Crippen molar-refractivity contribution in [3.05, 3.63) is 257 Å². The Bertz CT molecular complexity index is 3370. The highest BCUT2D eigenvalue weighted by Crippen LogP contribution is 2.64. The average molecular weight is 1000 g/mol. The van der Waals surface area contributed by atoms with Gasteiger partial charge in [-0.15, -0.1) is 0 Å². The van der Waals surface area contributed by atoms with Crippen LogP contribution >= 0.6 is 0 Å². The highest BCUT2D eigenvalue weighted by atomic mass is 16.5. The van der Waals surface area contributed by atoms with Crippen molar-refractivity contribution in [3.8, 4) is 56.5 Å². The zero-order chi connectivity index (χ0) is 54.2. The zero-order valence-electron chi connectivity index (χ0n) is 46.9. The van der Waals surface area contributed by atoms with Gasteiger partial charge in [0.25, 0.3) is 0 Å². The van der Waals surface area contributed by atoms with Crippen LogP contribution in [0.25, 0.3) is 56.2 Å². The van der Waals surface area contributed by atoms with Crippen molar-refractivity contribution in [3.63, 3.8) is 0 Å². The Kier molecular flexibility index (Phi) is 19.5. The summed E-state index contributed by atoms with van der Waals surface area (Å²) in [7, 11) is 0. The number of nitrogens with zero attached hydrogens (tertiary/aromatic N) is 3. The van der Waals surface area contributed by atoms with Gasteiger partial charge in [0.05, 0.1) is 5.41 Å². The minimum atomic E-state index is -0.543. The van der Waals surface area contributed by atoms with Crippen LogP contribution in [0.4, 0.5) is 0 Å². The third-order valence-corrected chi connectivity index (χ3v) is 14.2. The van der Waals surface area contributed by atoms with Crippen molar-refractivity contribution < 1.29 is 4.74 Å².